The van der Waals surface area contributed by atoms with Crippen LogP contribution in [0.3, 0.4) is 0 Å². The van der Waals surface area contributed by atoms with E-state index in [-0.39, 0.29) is 9.99 Å². The van der Waals surface area contributed by atoms with E-state index in [1.165, 1.54) is 0 Å². The number of imidazole rings is 1. The van der Waals surface area contributed by atoms with E-state index < -0.39 is 11.7 Å². The van der Waals surface area contributed by atoms with Crippen molar-refractivity contribution in [1.82, 2.24) is 9.97 Å². The lowest BCUT2D eigenvalue weighted by atomic mass is 10.2. The first-order chi connectivity index (χ1) is 15.4. The van der Waals surface area contributed by atoms with Crippen molar-refractivity contribution in [3.8, 4) is 23.0 Å². The van der Waals surface area contributed by atoms with Gasteiger partial charge >= 0.3 is 6.18 Å². The molecule has 0 radical (unpaired) electrons. The summed E-state index contributed by atoms with van der Waals surface area (Å²) in [6, 6.07) is 14.5. The number of aromatic amines is 1. The largest absolute Gasteiger partial charge is 0.486 e. The second kappa shape index (κ2) is 7.94. The molecule has 1 aliphatic rings. The molecular formula is C22H15BrF3N3O3. The van der Waals surface area contributed by atoms with E-state index in [1.54, 1.807) is 30.3 Å². The van der Waals surface area contributed by atoms with E-state index >= 15 is 0 Å². The number of hydrogen-bond acceptors (Lipinski definition) is 5. The maximum atomic E-state index is 13.0. The third-order valence-electron chi connectivity index (χ3n) is 4.74. The molecule has 0 atom stereocenters. The molecule has 0 fully saturated rings. The van der Waals surface area contributed by atoms with Gasteiger partial charge in [-0.2, -0.15) is 13.2 Å². The lowest BCUT2D eigenvalue weighted by Crippen LogP contribution is -2.15. The van der Waals surface area contributed by atoms with E-state index in [0.717, 1.165) is 12.1 Å². The highest BCUT2D eigenvalue weighted by atomic mass is 79.9. The van der Waals surface area contributed by atoms with Crippen molar-refractivity contribution in [2.24, 2.45) is 0 Å². The molecule has 10 heteroatoms. The Hall–Kier alpha value is -3.40. The van der Waals surface area contributed by atoms with E-state index in [0.29, 0.717) is 53.4 Å². The predicted octanol–water partition coefficient (Wildman–Crippen LogP) is 6.65. The average Bonchev–Trinajstić information content (AvgIpc) is 3.18. The summed E-state index contributed by atoms with van der Waals surface area (Å²) in [4.78, 5) is 7.20. The van der Waals surface area contributed by atoms with Gasteiger partial charge in [0, 0.05) is 10.2 Å². The quantitative estimate of drug-likeness (QED) is 0.325. The minimum Gasteiger partial charge on any atom is -0.486 e. The van der Waals surface area contributed by atoms with Gasteiger partial charge in [0.2, 0.25) is 11.7 Å². The molecule has 0 saturated heterocycles. The molecule has 0 aliphatic carbocycles. The minimum atomic E-state index is -4.44. The van der Waals surface area contributed by atoms with Crippen LogP contribution in [0.1, 0.15) is 5.56 Å². The van der Waals surface area contributed by atoms with Gasteiger partial charge in [-0.05, 0) is 64.5 Å². The second-order valence-electron chi connectivity index (χ2n) is 6.97. The molecule has 0 saturated carbocycles. The molecule has 164 valence electrons. The molecular weight excluding hydrogens is 491 g/mol. The first kappa shape index (κ1) is 20.5. The topological polar surface area (TPSA) is 68.4 Å². The number of hydrogen-bond donors (Lipinski definition) is 2. The van der Waals surface area contributed by atoms with Crippen molar-refractivity contribution in [2.45, 2.75) is 6.18 Å². The summed E-state index contributed by atoms with van der Waals surface area (Å²) >= 11 is 3.16. The van der Waals surface area contributed by atoms with Gasteiger partial charge in [0.05, 0.1) is 11.1 Å². The Bertz CT molecular complexity index is 1290. The van der Waals surface area contributed by atoms with Gasteiger partial charge in [0.1, 0.15) is 24.5 Å². The third kappa shape index (κ3) is 4.05. The predicted molar refractivity (Wildman–Crippen MR) is 116 cm³/mol. The number of benzene rings is 3. The molecule has 32 heavy (non-hydrogen) atoms. The fourth-order valence-electron chi connectivity index (χ4n) is 3.30. The minimum absolute atomic E-state index is 0.257. The highest BCUT2D eigenvalue weighted by Gasteiger charge is 2.31. The molecule has 2 N–H and O–H groups in total. The highest BCUT2D eigenvalue weighted by Crippen LogP contribution is 2.41. The molecule has 3 aromatic carbocycles. The van der Waals surface area contributed by atoms with Crippen LogP contribution < -0.4 is 19.5 Å². The van der Waals surface area contributed by atoms with Crippen LogP contribution in [-0.2, 0) is 6.18 Å². The molecule has 2 heterocycles. The van der Waals surface area contributed by atoms with Crippen molar-refractivity contribution >= 4 is 38.6 Å². The Balaban J connectivity index is 1.34. The van der Waals surface area contributed by atoms with Crippen molar-refractivity contribution in [2.75, 3.05) is 18.5 Å². The van der Waals surface area contributed by atoms with Gasteiger partial charge in [-0.25, -0.2) is 4.98 Å². The number of nitrogens with zero attached hydrogens (tertiary/aromatic N) is 1. The standard InChI is InChI=1S/C22H15BrF3N3O3/c23-15-10-12(22(24,25)26)11-16-19(15)29-21(28-16)27-13-4-6-14(7-5-13)32-18-3-1-2-17-20(18)31-9-8-30-17/h1-7,10-11H,8-9H2,(H2,27,28,29). The number of alkyl halides is 3. The molecule has 1 aliphatic heterocycles. The molecule has 6 nitrogen and oxygen atoms in total. The SMILES string of the molecule is FC(F)(F)c1cc(Br)c2nc(Nc3ccc(Oc4cccc5c4OCCO5)cc3)[nH]c2c1. The normalized spacial score (nSPS) is 13.2. The van der Waals surface area contributed by atoms with Crippen LogP contribution in [0.25, 0.3) is 11.0 Å². The lowest BCUT2D eigenvalue weighted by Gasteiger charge is -2.20. The zero-order valence-corrected chi connectivity index (χ0v) is 17.9. The molecule has 4 aromatic rings. The summed E-state index contributed by atoms with van der Waals surface area (Å²) in [7, 11) is 0. The fraction of sp³-hybridized carbons (Fsp3) is 0.136. The van der Waals surface area contributed by atoms with Crippen molar-refractivity contribution in [3.63, 3.8) is 0 Å². The Morgan fingerprint density at radius 2 is 1.81 bits per heavy atom. The van der Waals surface area contributed by atoms with Gasteiger partial charge < -0.3 is 24.5 Å². The summed E-state index contributed by atoms with van der Waals surface area (Å²) in [5, 5.41) is 3.05. The lowest BCUT2D eigenvalue weighted by molar-refractivity contribution is -0.137. The Morgan fingerprint density at radius 1 is 1.03 bits per heavy atom. The average molecular weight is 506 g/mol. The zero-order chi connectivity index (χ0) is 22.3. The van der Waals surface area contributed by atoms with Crippen molar-refractivity contribution in [1.29, 1.82) is 0 Å². The van der Waals surface area contributed by atoms with Gasteiger partial charge in [-0.3, -0.25) is 0 Å². The van der Waals surface area contributed by atoms with Crippen LogP contribution in [0.2, 0.25) is 0 Å². The maximum Gasteiger partial charge on any atom is 0.416 e. The third-order valence-corrected chi connectivity index (χ3v) is 5.35. The van der Waals surface area contributed by atoms with Gasteiger partial charge in [-0.15, -0.1) is 0 Å². The van der Waals surface area contributed by atoms with E-state index in [4.69, 9.17) is 14.2 Å². The van der Waals surface area contributed by atoms with E-state index in [1.807, 2.05) is 12.1 Å². The summed E-state index contributed by atoms with van der Waals surface area (Å²) in [5.74, 6) is 2.64. The summed E-state index contributed by atoms with van der Waals surface area (Å²) in [5.41, 5.74) is 0.589. The van der Waals surface area contributed by atoms with Crippen LogP contribution in [0.5, 0.6) is 23.0 Å². The smallest absolute Gasteiger partial charge is 0.416 e. The number of nitrogens with one attached hydrogen (secondary N) is 2. The number of halogens is 4. The molecule has 0 unspecified atom stereocenters. The van der Waals surface area contributed by atoms with Gasteiger partial charge in [-0.1, -0.05) is 6.07 Å². The summed E-state index contributed by atoms with van der Waals surface area (Å²) in [6.45, 7) is 0.945. The number of fused-ring (bicyclic) bond motifs is 2. The fourth-order valence-corrected chi connectivity index (χ4v) is 3.84. The molecule has 5 rings (SSSR count). The zero-order valence-electron chi connectivity index (χ0n) is 16.3. The number of aromatic nitrogens is 2. The van der Waals surface area contributed by atoms with Crippen molar-refractivity contribution < 1.29 is 27.4 Å². The Kier molecular flexibility index (Phi) is 5.09. The molecule has 0 amide bonds. The van der Waals surface area contributed by atoms with E-state index in [2.05, 4.69) is 31.2 Å². The van der Waals surface area contributed by atoms with Gasteiger partial charge in [0.25, 0.3) is 0 Å². The summed E-state index contributed by atoms with van der Waals surface area (Å²) in [6.07, 6.45) is -4.44. The number of rotatable bonds is 4. The maximum absolute atomic E-state index is 13.0. The number of H-pyrrole nitrogens is 1. The Labute approximate surface area is 188 Å². The first-order valence-corrected chi connectivity index (χ1v) is 10.4. The second-order valence-corrected chi connectivity index (χ2v) is 7.82. The van der Waals surface area contributed by atoms with Crippen LogP contribution >= 0.6 is 15.9 Å². The highest BCUT2D eigenvalue weighted by molar-refractivity contribution is 9.10. The van der Waals surface area contributed by atoms with Crippen LogP contribution in [0.4, 0.5) is 24.8 Å². The van der Waals surface area contributed by atoms with E-state index in [9.17, 15) is 13.2 Å². The monoisotopic (exact) mass is 505 g/mol. The molecule has 0 bridgehead atoms. The van der Waals surface area contributed by atoms with Crippen molar-refractivity contribution in [3.05, 3.63) is 64.6 Å². The van der Waals surface area contributed by atoms with Crippen LogP contribution in [0, 0.1) is 0 Å². The molecule has 1 aromatic heterocycles. The number of anilines is 2. The number of ether oxygens (including phenoxy) is 3. The number of para-hydroxylation sites is 1. The summed E-state index contributed by atoms with van der Waals surface area (Å²) < 4.78 is 56.5. The van der Waals surface area contributed by atoms with Crippen LogP contribution in [0.15, 0.2) is 59.1 Å². The first-order valence-electron chi connectivity index (χ1n) is 9.57. The Morgan fingerprint density at radius 3 is 2.59 bits per heavy atom. The molecule has 0 spiro atoms. The van der Waals surface area contributed by atoms with Crippen LogP contribution in [-0.4, -0.2) is 23.2 Å². The van der Waals surface area contributed by atoms with Gasteiger partial charge in [0.15, 0.2) is 11.5 Å².